The summed E-state index contributed by atoms with van der Waals surface area (Å²) in [5.41, 5.74) is 1.55. The molecule has 2 aromatic heterocycles. The van der Waals surface area contributed by atoms with Crippen molar-refractivity contribution in [3.63, 3.8) is 0 Å². The van der Waals surface area contributed by atoms with E-state index in [1.807, 2.05) is 35.9 Å². The number of nitrogens with zero attached hydrogens (tertiary/aromatic N) is 5. The standard InChI is InChI=1S/C19H22N6O3/c1-24-17(11-26)22-23-18(24)14-5-3-7-25(10-14)19(27)21-15-6-2-4-13(8-15)16-9-20-12-28-16/h2,4,6,8-9,12,14,26H,3,5,7,10-11H2,1H3,(H,21,27)/t14-/m0/s1. The molecule has 0 aliphatic carbocycles. The molecular weight excluding hydrogens is 360 g/mol. The maximum Gasteiger partial charge on any atom is 0.321 e. The van der Waals surface area contributed by atoms with Crippen LogP contribution in [0.5, 0.6) is 0 Å². The highest BCUT2D eigenvalue weighted by atomic mass is 16.3. The number of amides is 2. The number of benzene rings is 1. The molecule has 3 aromatic rings. The molecule has 28 heavy (non-hydrogen) atoms. The van der Waals surface area contributed by atoms with Gasteiger partial charge in [0.15, 0.2) is 18.0 Å². The Morgan fingerprint density at radius 1 is 1.39 bits per heavy atom. The third kappa shape index (κ3) is 3.61. The highest BCUT2D eigenvalue weighted by Crippen LogP contribution is 2.27. The molecule has 1 aromatic carbocycles. The van der Waals surface area contributed by atoms with Crippen LogP contribution in [0, 0.1) is 0 Å². The fourth-order valence-corrected chi connectivity index (χ4v) is 3.55. The lowest BCUT2D eigenvalue weighted by molar-refractivity contribution is 0.190. The van der Waals surface area contributed by atoms with Gasteiger partial charge in [-0.1, -0.05) is 12.1 Å². The molecule has 1 saturated heterocycles. The Labute approximate surface area is 162 Å². The van der Waals surface area contributed by atoms with E-state index in [0.29, 0.717) is 30.4 Å². The third-order valence-corrected chi connectivity index (χ3v) is 5.04. The van der Waals surface area contributed by atoms with Crippen molar-refractivity contribution in [1.29, 1.82) is 0 Å². The smallest absolute Gasteiger partial charge is 0.321 e. The van der Waals surface area contributed by atoms with Gasteiger partial charge in [0.1, 0.15) is 12.4 Å². The molecule has 3 heterocycles. The first kappa shape index (κ1) is 18.2. The van der Waals surface area contributed by atoms with Gasteiger partial charge < -0.3 is 24.3 Å². The van der Waals surface area contributed by atoms with E-state index in [1.165, 1.54) is 6.39 Å². The van der Waals surface area contributed by atoms with Crippen molar-refractivity contribution in [3.05, 3.63) is 48.5 Å². The molecule has 1 atom stereocenters. The van der Waals surface area contributed by atoms with E-state index in [4.69, 9.17) is 4.42 Å². The Hall–Kier alpha value is -3.20. The first-order valence-electron chi connectivity index (χ1n) is 9.19. The average molecular weight is 382 g/mol. The minimum absolute atomic E-state index is 0.0952. The van der Waals surface area contributed by atoms with Gasteiger partial charge in [0.25, 0.3) is 0 Å². The lowest BCUT2D eigenvalue weighted by Gasteiger charge is -2.32. The summed E-state index contributed by atoms with van der Waals surface area (Å²) in [6, 6.07) is 7.32. The van der Waals surface area contributed by atoms with Gasteiger partial charge in [-0.3, -0.25) is 0 Å². The topological polar surface area (TPSA) is 109 Å². The van der Waals surface area contributed by atoms with E-state index < -0.39 is 0 Å². The largest absolute Gasteiger partial charge is 0.444 e. The summed E-state index contributed by atoms with van der Waals surface area (Å²) < 4.78 is 7.13. The van der Waals surface area contributed by atoms with E-state index in [1.54, 1.807) is 11.1 Å². The van der Waals surface area contributed by atoms with Crippen LogP contribution in [0.1, 0.15) is 30.4 Å². The number of aromatic nitrogens is 4. The molecule has 4 rings (SSSR count). The first-order chi connectivity index (χ1) is 13.7. The number of piperidine rings is 1. The minimum Gasteiger partial charge on any atom is -0.444 e. The van der Waals surface area contributed by atoms with Crippen molar-refractivity contribution in [2.24, 2.45) is 7.05 Å². The van der Waals surface area contributed by atoms with Gasteiger partial charge in [-0.25, -0.2) is 9.78 Å². The van der Waals surface area contributed by atoms with E-state index in [2.05, 4.69) is 20.5 Å². The van der Waals surface area contributed by atoms with Gasteiger partial charge in [-0.15, -0.1) is 10.2 Å². The van der Waals surface area contributed by atoms with Crippen LogP contribution in [0.15, 0.2) is 41.3 Å². The number of aliphatic hydroxyl groups excluding tert-OH is 1. The fraction of sp³-hybridized carbons (Fsp3) is 0.368. The Morgan fingerprint density at radius 3 is 3.04 bits per heavy atom. The summed E-state index contributed by atoms with van der Waals surface area (Å²) >= 11 is 0. The quantitative estimate of drug-likeness (QED) is 0.717. The third-order valence-electron chi connectivity index (χ3n) is 5.04. The number of hydrogen-bond acceptors (Lipinski definition) is 6. The Balaban J connectivity index is 1.45. The van der Waals surface area contributed by atoms with Crippen LogP contribution in [-0.4, -0.2) is 48.9 Å². The van der Waals surface area contributed by atoms with Crippen molar-refractivity contribution in [2.45, 2.75) is 25.4 Å². The number of carbonyl (C=O) groups is 1. The molecule has 1 aliphatic heterocycles. The minimum atomic E-state index is -0.151. The van der Waals surface area contributed by atoms with E-state index in [0.717, 1.165) is 24.2 Å². The van der Waals surface area contributed by atoms with Crippen LogP contribution in [0.4, 0.5) is 10.5 Å². The van der Waals surface area contributed by atoms with Crippen molar-refractivity contribution >= 4 is 11.7 Å². The van der Waals surface area contributed by atoms with Crippen LogP contribution in [0.3, 0.4) is 0 Å². The van der Waals surface area contributed by atoms with Crippen molar-refractivity contribution in [1.82, 2.24) is 24.6 Å². The van der Waals surface area contributed by atoms with Crippen molar-refractivity contribution in [3.8, 4) is 11.3 Å². The van der Waals surface area contributed by atoms with Crippen LogP contribution in [0.25, 0.3) is 11.3 Å². The van der Waals surface area contributed by atoms with Crippen molar-refractivity contribution in [2.75, 3.05) is 18.4 Å². The summed E-state index contributed by atoms with van der Waals surface area (Å²) in [5, 5.41) is 20.5. The zero-order chi connectivity index (χ0) is 19.5. The number of nitrogens with one attached hydrogen (secondary N) is 1. The van der Waals surface area contributed by atoms with Crippen LogP contribution < -0.4 is 5.32 Å². The molecule has 2 amide bonds. The number of hydrogen-bond donors (Lipinski definition) is 2. The second-order valence-corrected chi connectivity index (χ2v) is 6.85. The second-order valence-electron chi connectivity index (χ2n) is 6.85. The van der Waals surface area contributed by atoms with Gasteiger partial charge in [0, 0.05) is 37.3 Å². The molecule has 9 nitrogen and oxygen atoms in total. The summed E-state index contributed by atoms with van der Waals surface area (Å²) in [6.45, 7) is 1.10. The van der Waals surface area contributed by atoms with Crippen molar-refractivity contribution < 1.29 is 14.3 Å². The van der Waals surface area contributed by atoms with Gasteiger partial charge >= 0.3 is 6.03 Å². The Bertz CT molecular complexity index is 952. The van der Waals surface area contributed by atoms with Gasteiger partial charge in [-0.2, -0.15) is 0 Å². The van der Waals surface area contributed by atoms with Crippen LogP contribution >= 0.6 is 0 Å². The number of anilines is 1. The number of oxazole rings is 1. The van der Waals surface area contributed by atoms with Crippen LogP contribution in [0.2, 0.25) is 0 Å². The number of aliphatic hydroxyl groups is 1. The Kier molecular flexibility index (Phi) is 5.07. The SMILES string of the molecule is Cn1c(CO)nnc1[C@H]1CCCN(C(=O)Nc2cccc(-c3cnco3)c2)C1. The van der Waals surface area contributed by atoms with E-state index in [-0.39, 0.29) is 18.6 Å². The molecular formula is C19H22N6O3. The first-order valence-corrected chi connectivity index (χ1v) is 9.19. The molecule has 146 valence electrons. The highest BCUT2D eigenvalue weighted by Gasteiger charge is 2.28. The van der Waals surface area contributed by atoms with Crippen LogP contribution in [-0.2, 0) is 13.7 Å². The molecule has 9 heteroatoms. The highest BCUT2D eigenvalue weighted by molar-refractivity contribution is 5.90. The number of carbonyl (C=O) groups excluding carboxylic acids is 1. The molecule has 0 spiro atoms. The molecule has 0 bridgehead atoms. The predicted molar refractivity (Wildman–Crippen MR) is 101 cm³/mol. The molecule has 1 aliphatic rings. The summed E-state index contributed by atoms with van der Waals surface area (Å²) in [5.74, 6) is 2.07. The number of urea groups is 1. The molecule has 0 unspecified atom stereocenters. The molecule has 0 saturated carbocycles. The number of likely N-dealkylation sites (tertiary alicyclic amines) is 1. The van der Waals surface area contributed by atoms with Gasteiger partial charge in [0.2, 0.25) is 0 Å². The lowest BCUT2D eigenvalue weighted by atomic mass is 9.97. The fourth-order valence-electron chi connectivity index (χ4n) is 3.55. The van der Waals surface area contributed by atoms with Gasteiger partial charge in [0.05, 0.1) is 6.20 Å². The maximum atomic E-state index is 12.8. The monoisotopic (exact) mass is 382 g/mol. The molecule has 0 radical (unpaired) electrons. The predicted octanol–water partition coefficient (Wildman–Crippen LogP) is 2.37. The zero-order valence-electron chi connectivity index (χ0n) is 15.6. The molecule has 2 N–H and O–H groups in total. The maximum absolute atomic E-state index is 12.8. The normalized spacial score (nSPS) is 16.9. The Morgan fingerprint density at radius 2 is 2.29 bits per heavy atom. The van der Waals surface area contributed by atoms with Gasteiger partial charge in [-0.05, 0) is 25.0 Å². The number of rotatable bonds is 4. The summed E-state index contributed by atoms with van der Waals surface area (Å²) in [7, 11) is 1.84. The molecule has 1 fully saturated rings. The van der Waals surface area contributed by atoms with E-state index >= 15 is 0 Å². The van der Waals surface area contributed by atoms with E-state index in [9.17, 15) is 9.90 Å². The lowest BCUT2D eigenvalue weighted by Crippen LogP contribution is -2.42. The average Bonchev–Trinajstić information content (AvgIpc) is 3.38. The summed E-state index contributed by atoms with van der Waals surface area (Å²) in [4.78, 5) is 18.5. The summed E-state index contributed by atoms with van der Waals surface area (Å²) in [6.07, 6.45) is 4.83. The second kappa shape index (κ2) is 7.81. The zero-order valence-corrected chi connectivity index (χ0v) is 15.6.